The van der Waals surface area contributed by atoms with E-state index in [9.17, 15) is 4.21 Å². The highest BCUT2D eigenvalue weighted by atomic mass is 32.2. The van der Waals surface area contributed by atoms with E-state index < -0.39 is 9.73 Å². The minimum Gasteiger partial charge on any atom is -0.487 e. The van der Waals surface area contributed by atoms with Crippen LogP contribution in [-0.2, 0) is 16.1 Å². The minimum absolute atomic E-state index is 0.124. The van der Waals surface area contributed by atoms with E-state index in [1.807, 2.05) is 0 Å². The molecule has 2 atom stereocenters. The van der Waals surface area contributed by atoms with E-state index in [4.69, 9.17) is 9.52 Å². The Hall–Kier alpha value is -2.19. The SMILES string of the molecule is C=NC(=N/C=C(\C)S(C)(=N)=O)N1CCN(C(C)c2ccc3c(c2)OC(C)(C)C3)CC1. The second kappa shape index (κ2) is 8.51. The first-order valence-electron chi connectivity index (χ1n) is 10.3. The van der Waals surface area contributed by atoms with E-state index in [1.165, 1.54) is 23.6 Å². The number of nitrogens with one attached hydrogen (secondary N) is 1. The fraction of sp³-hybridized carbons (Fsp3) is 0.545. The molecule has 0 aromatic heterocycles. The molecule has 0 aliphatic carbocycles. The Morgan fingerprint density at radius 3 is 2.60 bits per heavy atom. The van der Waals surface area contributed by atoms with E-state index in [1.54, 1.807) is 6.92 Å². The lowest BCUT2D eigenvalue weighted by Gasteiger charge is -2.38. The number of nitrogens with zero attached hydrogens (tertiary/aromatic N) is 4. The molecule has 0 saturated carbocycles. The molecule has 7 nitrogen and oxygen atoms in total. The van der Waals surface area contributed by atoms with Crippen LogP contribution >= 0.6 is 0 Å². The van der Waals surface area contributed by atoms with Gasteiger partial charge in [0.15, 0.2) is 0 Å². The minimum atomic E-state index is -2.74. The molecular formula is C22H33N5O2S. The average Bonchev–Trinajstić information content (AvgIpc) is 3.00. The Balaban J connectivity index is 1.65. The molecule has 1 aromatic carbocycles. The Morgan fingerprint density at radius 1 is 1.33 bits per heavy atom. The zero-order valence-electron chi connectivity index (χ0n) is 18.6. The van der Waals surface area contributed by atoms with Crippen LogP contribution in [0.1, 0.15) is 44.9 Å². The highest BCUT2D eigenvalue weighted by molar-refractivity contribution is 7.95. The molecule has 8 heteroatoms. The van der Waals surface area contributed by atoms with Crippen LogP contribution in [0.25, 0.3) is 0 Å². The second-order valence-corrected chi connectivity index (χ2v) is 11.1. The first kappa shape index (κ1) is 22.5. The summed E-state index contributed by atoms with van der Waals surface area (Å²) in [6.07, 6.45) is 3.81. The highest BCUT2D eigenvalue weighted by Gasteiger charge is 2.31. The molecule has 2 aliphatic heterocycles. The van der Waals surface area contributed by atoms with Crippen LogP contribution in [0, 0.1) is 4.78 Å². The molecule has 0 amide bonds. The van der Waals surface area contributed by atoms with E-state index in [-0.39, 0.29) is 11.6 Å². The predicted molar refractivity (Wildman–Crippen MR) is 124 cm³/mol. The van der Waals surface area contributed by atoms with Crippen molar-refractivity contribution < 1.29 is 8.95 Å². The third-order valence-electron chi connectivity index (χ3n) is 5.84. The summed E-state index contributed by atoms with van der Waals surface area (Å²) in [4.78, 5) is 13.3. The summed E-state index contributed by atoms with van der Waals surface area (Å²) in [6, 6.07) is 6.90. The quantitative estimate of drug-likeness (QED) is 0.582. The largest absolute Gasteiger partial charge is 0.487 e. The van der Waals surface area contributed by atoms with Crippen molar-refractivity contribution in [2.75, 3.05) is 32.4 Å². The van der Waals surface area contributed by atoms with Crippen LogP contribution in [0.5, 0.6) is 5.75 Å². The zero-order valence-corrected chi connectivity index (χ0v) is 19.5. The van der Waals surface area contributed by atoms with Crippen LogP contribution in [0.15, 0.2) is 39.3 Å². The van der Waals surface area contributed by atoms with Crippen molar-refractivity contribution in [2.45, 2.75) is 45.8 Å². The summed E-state index contributed by atoms with van der Waals surface area (Å²) in [5, 5.41) is 0. The number of benzene rings is 1. The molecule has 0 bridgehead atoms. The lowest BCUT2D eigenvalue weighted by molar-refractivity contribution is 0.134. The third kappa shape index (κ3) is 5.10. The van der Waals surface area contributed by atoms with Crippen molar-refractivity contribution in [1.29, 1.82) is 4.78 Å². The average molecular weight is 432 g/mol. The van der Waals surface area contributed by atoms with Crippen molar-refractivity contribution in [3.05, 3.63) is 40.4 Å². The number of piperazine rings is 1. The summed E-state index contributed by atoms with van der Waals surface area (Å²) in [5.41, 5.74) is 2.43. The first-order chi connectivity index (χ1) is 14.0. The Labute approximate surface area is 180 Å². The van der Waals surface area contributed by atoms with Gasteiger partial charge in [-0.25, -0.2) is 19.0 Å². The summed E-state index contributed by atoms with van der Waals surface area (Å²) in [7, 11) is -2.74. The molecule has 1 fully saturated rings. The van der Waals surface area contributed by atoms with Crippen LogP contribution in [-0.4, -0.2) is 64.7 Å². The van der Waals surface area contributed by atoms with Gasteiger partial charge < -0.3 is 9.64 Å². The van der Waals surface area contributed by atoms with Crippen LogP contribution < -0.4 is 4.74 Å². The smallest absolute Gasteiger partial charge is 0.224 e. The van der Waals surface area contributed by atoms with Crippen LogP contribution in [0.2, 0.25) is 0 Å². The van der Waals surface area contributed by atoms with Gasteiger partial charge in [-0.15, -0.1) is 0 Å². The monoisotopic (exact) mass is 431 g/mol. The fourth-order valence-electron chi connectivity index (χ4n) is 3.86. The van der Waals surface area contributed by atoms with Crippen molar-refractivity contribution in [1.82, 2.24) is 9.80 Å². The van der Waals surface area contributed by atoms with Gasteiger partial charge in [-0.1, -0.05) is 12.1 Å². The second-order valence-electron chi connectivity index (χ2n) is 8.78. The number of hydrogen-bond acceptors (Lipinski definition) is 5. The lowest BCUT2D eigenvalue weighted by Crippen LogP contribution is -2.48. The zero-order chi connectivity index (χ0) is 22.1. The van der Waals surface area contributed by atoms with Crippen molar-refractivity contribution in [3.63, 3.8) is 0 Å². The van der Waals surface area contributed by atoms with Gasteiger partial charge in [-0.3, -0.25) is 4.90 Å². The topological polar surface area (TPSA) is 81.3 Å². The van der Waals surface area contributed by atoms with Gasteiger partial charge in [-0.05, 0) is 51.6 Å². The molecule has 1 aromatic rings. The summed E-state index contributed by atoms with van der Waals surface area (Å²) >= 11 is 0. The Kier molecular flexibility index (Phi) is 6.38. The number of aliphatic imine (C=N–C) groups is 2. The normalized spacial score (nSPS) is 22.8. The van der Waals surface area contributed by atoms with Crippen LogP contribution in [0.3, 0.4) is 0 Å². The Bertz CT molecular complexity index is 973. The molecule has 164 valence electrons. The fourth-order valence-corrected chi connectivity index (χ4v) is 4.11. The Morgan fingerprint density at radius 2 is 2.00 bits per heavy atom. The van der Waals surface area contributed by atoms with Crippen molar-refractivity contribution >= 4 is 22.4 Å². The molecule has 3 rings (SSSR count). The van der Waals surface area contributed by atoms with E-state index >= 15 is 0 Å². The predicted octanol–water partition coefficient (Wildman–Crippen LogP) is 3.67. The van der Waals surface area contributed by atoms with E-state index in [0.29, 0.717) is 10.9 Å². The molecule has 2 heterocycles. The van der Waals surface area contributed by atoms with Gasteiger partial charge in [0.1, 0.15) is 11.4 Å². The van der Waals surface area contributed by atoms with Gasteiger partial charge in [0, 0.05) is 56.0 Å². The van der Waals surface area contributed by atoms with E-state index in [2.05, 4.69) is 65.5 Å². The molecule has 0 spiro atoms. The molecule has 2 unspecified atom stereocenters. The van der Waals surface area contributed by atoms with Gasteiger partial charge in [0.05, 0.1) is 9.73 Å². The number of allylic oxidation sites excluding steroid dienone is 1. The number of guanidine groups is 1. The van der Waals surface area contributed by atoms with Crippen molar-refractivity contribution in [3.8, 4) is 5.75 Å². The van der Waals surface area contributed by atoms with Gasteiger partial charge in [0.25, 0.3) is 0 Å². The number of rotatable bonds is 4. The highest BCUT2D eigenvalue weighted by Crippen LogP contribution is 2.37. The standard InChI is InChI=1S/C22H33N5O2S/c1-16(30(6,23)28)15-25-21(24-5)27-11-9-26(10-12-27)17(2)18-7-8-19-14-22(3,4)29-20(19)13-18/h7-8,13,15,17,23H,5,9-12,14H2,1-4,6H3/b16-15+,25-21?. The summed E-state index contributed by atoms with van der Waals surface area (Å²) in [6.45, 7) is 15.1. The maximum absolute atomic E-state index is 11.8. The van der Waals surface area contributed by atoms with Gasteiger partial charge >= 0.3 is 0 Å². The molecule has 30 heavy (non-hydrogen) atoms. The molecule has 1 N–H and O–H groups in total. The molecule has 2 aliphatic rings. The summed E-state index contributed by atoms with van der Waals surface area (Å²) in [5.74, 6) is 1.52. The molecule has 0 radical (unpaired) electrons. The number of ether oxygens (including phenoxy) is 1. The van der Waals surface area contributed by atoms with Gasteiger partial charge in [0.2, 0.25) is 5.96 Å². The van der Waals surface area contributed by atoms with Crippen LogP contribution in [0.4, 0.5) is 0 Å². The third-order valence-corrected chi connectivity index (χ3v) is 7.17. The van der Waals surface area contributed by atoms with Gasteiger partial charge in [-0.2, -0.15) is 0 Å². The lowest BCUT2D eigenvalue weighted by atomic mass is 9.99. The maximum Gasteiger partial charge on any atom is 0.224 e. The van der Waals surface area contributed by atoms with E-state index in [0.717, 1.165) is 38.3 Å². The molecular weight excluding hydrogens is 398 g/mol. The summed E-state index contributed by atoms with van der Waals surface area (Å²) < 4.78 is 25.5. The first-order valence-corrected chi connectivity index (χ1v) is 12.2. The van der Waals surface area contributed by atoms with Crippen molar-refractivity contribution in [2.24, 2.45) is 9.98 Å². The maximum atomic E-state index is 11.8. The number of hydrogen-bond donors (Lipinski definition) is 1. The molecule has 1 saturated heterocycles. The number of fused-ring (bicyclic) bond motifs is 1.